The Balaban J connectivity index is 2.03. The van der Waals surface area contributed by atoms with Crippen molar-refractivity contribution in [1.29, 1.82) is 0 Å². The number of aryl methyl sites for hydroxylation is 1. The quantitative estimate of drug-likeness (QED) is 0.744. The molecule has 6 nitrogen and oxygen atoms in total. The van der Waals surface area contributed by atoms with E-state index in [1.807, 2.05) is 6.92 Å². The maximum Gasteiger partial charge on any atom is 0.226 e. The molecule has 1 aliphatic rings. The van der Waals surface area contributed by atoms with Gasteiger partial charge in [0, 0.05) is 13.1 Å². The minimum atomic E-state index is -3.47. The number of hydrogen-bond acceptors (Lipinski definition) is 5. The lowest BCUT2D eigenvalue weighted by molar-refractivity contribution is -0.134. The minimum Gasteiger partial charge on any atom is -0.342 e. The van der Waals surface area contributed by atoms with Crippen LogP contribution >= 0.6 is 0 Å². The van der Waals surface area contributed by atoms with E-state index < -0.39 is 25.6 Å². The maximum absolute atomic E-state index is 12.4. The molecule has 0 saturated carbocycles. The monoisotopic (exact) mass is 373 g/mol. The molecule has 0 unspecified atom stereocenters. The summed E-state index contributed by atoms with van der Waals surface area (Å²) in [4.78, 5) is 14.1. The molecule has 1 fully saturated rings. The van der Waals surface area contributed by atoms with Gasteiger partial charge in [0.2, 0.25) is 5.91 Å². The Hall–Kier alpha value is -1.41. The number of amides is 1. The molecule has 24 heavy (non-hydrogen) atoms. The fourth-order valence-electron chi connectivity index (χ4n) is 2.77. The number of hydrogen-bond donors (Lipinski definition) is 0. The van der Waals surface area contributed by atoms with Crippen molar-refractivity contribution in [1.82, 2.24) is 4.90 Å². The summed E-state index contributed by atoms with van der Waals surface area (Å²) in [6, 6.07) is 6.59. The highest BCUT2D eigenvalue weighted by Gasteiger charge is 2.35. The van der Waals surface area contributed by atoms with Crippen LogP contribution in [0.2, 0.25) is 0 Å². The van der Waals surface area contributed by atoms with Gasteiger partial charge >= 0.3 is 0 Å². The molecule has 0 radical (unpaired) electrons. The summed E-state index contributed by atoms with van der Waals surface area (Å²) in [5.41, 5.74) is 0.974. The fraction of sp³-hybridized carbons (Fsp3) is 0.562. The molecule has 8 heteroatoms. The lowest BCUT2D eigenvalue weighted by Gasteiger charge is -2.23. The highest BCUT2D eigenvalue weighted by molar-refractivity contribution is 7.91. The van der Waals surface area contributed by atoms with Gasteiger partial charge in [-0.3, -0.25) is 4.79 Å². The molecular weight excluding hydrogens is 350 g/mol. The SMILES string of the molecule is CCN(CCS(=O)(=O)c1ccc(C)cc1)C(=O)[C@@H]1CCS(=O)(=O)C1. The smallest absolute Gasteiger partial charge is 0.226 e. The molecule has 134 valence electrons. The third-order valence-corrected chi connectivity index (χ3v) is 7.76. The third-order valence-electron chi connectivity index (χ3n) is 4.29. The minimum absolute atomic E-state index is 0.0304. The van der Waals surface area contributed by atoms with Gasteiger partial charge in [-0.05, 0) is 32.4 Å². The van der Waals surface area contributed by atoms with E-state index in [9.17, 15) is 21.6 Å². The van der Waals surface area contributed by atoms with Gasteiger partial charge < -0.3 is 4.90 Å². The summed E-state index contributed by atoms with van der Waals surface area (Å²) in [5.74, 6) is -1.08. The number of rotatable bonds is 6. The molecule has 0 N–H and O–H groups in total. The van der Waals surface area contributed by atoms with Crippen molar-refractivity contribution in [2.45, 2.75) is 25.2 Å². The zero-order valence-electron chi connectivity index (χ0n) is 13.9. The fourth-order valence-corrected chi connectivity index (χ4v) is 5.75. The first kappa shape index (κ1) is 18.9. The first-order valence-electron chi connectivity index (χ1n) is 7.93. The zero-order chi connectivity index (χ0) is 18.0. The number of nitrogens with zero attached hydrogens (tertiary/aromatic N) is 1. The molecule has 0 spiro atoms. The summed E-state index contributed by atoms with van der Waals surface area (Å²) < 4.78 is 47.8. The molecule has 0 bridgehead atoms. The second-order valence-electron chi connectivity index (χ2n) is 6.15. The average Bonchev–Trinajstić information content (AvgIpc) is 2.88. The molecule has 1 heterocycles. The van der Waals surface area contributed by atoms with Crippen molar-refractivity contribution in [2.24, 2.45) is 5.92 Å². The highest BCUT2D eigenvalue weighted by atomic mass is 32.2. The standard InChI is InChI=1S/C16H23NO5S2/c1-3-17(16(18)14-8-10-23(19,20)12-14)9-11-24(21,22)15-6-4-13(2)5-7-15/h4-7,14H,3,8-12H2,1-2H3/t14-/m1/s1. The Bertz CT molecular complexity index is 797. The molecule has 1 aliphatic heterocycles. The van der Waals surface area contributed by atoms with E-state index >= 15 is 0 Å². The van der Waals surface area contributed by atoms with Crippen molar-refractivity contribution in [2.75, 3.05) is 30.3 Å². The first-order chi connectivity index (χ1) is 11.1. The molecular formula is C16H23NO5S2. The predicted octanol–water partition coefficient (Wildman–Crippen LogP) is 1.05. The summed E-state index contributed by atoms with van der Waals surface area (Å²) in [6.07, 6.45) is 0.322. The molecule has 0 aromatic heterocycles. The van der Waals surface area contributed by atoms with E-state index in [2.05, 4.69) is 0 Å². The van der Waals surface area contributed by atoms with Gasteiger partial charge in [-0.15, -0.1) is 0 Å². The Labute approximate surface area is 143 Å². The van der Waals surface area contributed by atoms with E-state index in [4.69, 9.17) is 0 Å². The van der Waals surface area contributed by atoms with Crippen molar-refractivity contribution in [3.8, 4) is 0 Å². The second-order valence-corrected chi connectivity index (χ2v) is 10.5. The number of carbonyl (C=O) groups excluding carboxylic acids is 1. The van der Waals surface area contributed by atoms with Gasteiger partial charge in [-0.25, -0.2) is 16.8 Å². The Morgan fingerprint density at radius 2 is 1.88 bits per heavy atom. The van der Waals surface area contributed by atoms with Crippen LogP contribution in [-0.4, -0.2) is 58.0 Å². The van der Waals surface area contributed by atoms with Crippen molar-refractivity contribution in [3.05, 3.63) is 29.8 Å². The number of carbonyl (C=O) groups is 1. The van der Waals surface area contributed by atoms with E-state index in [-0.39, 0.29) is 34.6 Å². The normalized spacial score (nSPS) is 20.0. The van der Waals surface area contributed by atoms with Gasteiger partial charge in [-0.2, -0.15) is 0 Å². The number of benzene rings is 1. The molecule has 1 atom stereocenters. The van der Waals surface area contributed by atoms with Crippen LogP contribution in [0.15, 0.2) is 29.2 Å². The van der Waals surface area contributed by atoms with E-state index in [1.165, 1.54) is 4.90 Å². The Morgan fingerprint density at radius 1 is 1.25 bits per heavy atom. The zero-order valence-corrected chi connectivity index (χ0v) is 15.6. The summed E-state index contributed by atoms with van der Waals surface area (Å²) in [6.45, 7) is 4.07. The van der Waals surface area contributed by atoms with Crippen LogP contribution < -0.4 is 0 Å². The van der Waals surface area contributed by atoms with Gasteiger partial charge in [0.05, 0.1) is 28.1 Å². The molecule has 1 amide bonds. The molecule has 1 aromatic rings. The highest BCUT2D eigenvalue weighted by Crippen LogP contribution is 2.21. The van der Waals surface area contributed by atoms with Crippen LogP contribution in [-0.2, 0) is 24.5 Å². The Morgan fingerprint density at radius 3 is 2.38 bits per heavy atom. The van der Waals surface area contributed by atoms with Gasteiger partial charge in [0.15, 0.2) is 19.7 Å². The van der Waals surface area contributed by atoms with Gasteiger partial charge in [0.1, 0.15) is 0 Å². The predicted molar refractivity (Wildman–Crippen MR) is 92.2 cm³/mol. The maximum atomic E-state index is 12.4. The van der Waals surface area contributed by atoms with Crippen LogP contribution in [0, 0.1) is 12.8 Å². The van der Waals surface area contributed by atoms with Crippen molar-refractivity contribution < 1.29 is 21.6 Å². The van der Waals surface area contributed by atoms with E-state index in [1.54, 1.807) is 31.2 Å². The average molecular weight is 373 g/mol. The first-order valence-corrected chi connectivity index (χ1v) is 11.4. The van der Waals surface area contributed by atoms with Gasteiger partial charge in [0.25, 0.3) is 0 Å². The van der Waals surface area contributed by atoms with Crippen LogP contribution in [0.25, 0.3) is 0 Å². The third kappa shape index (κ3) is 4.57. The molecule has 2 rings (SSSR count). The molecule has 1 saturated heterocycles. The summed E-state index contributed by atoms with van der Waals surface area (Å²) in [7, 11) is -6.61. The summed E-state index contributed by atoms with van der Waals surface area (Å²) in [5, 5.41) is 0. The van der Waals surface area contributed by atoms with Crippen LogP contribution in [0.3, 0.4) is 0 Å². The van der Waals surface area contributed by atoms with Gasteiger partial charge in [-0.1, -0.05) is 17.7 Å². The number of sulfone groups is 2. The van der Waals surface area contributed by atoms with Crippen LogP contribution in [0.1, 0.15) is 18.9 Å². The van der Waals surface area contributed by atoms with Crippen molar-refractivity contribution in [3.63, 3.8) is 0 Å². The van der Waals surface area contributed by atoms with E-state index in [0.29, 0.717) is 13.0 Å². The molecule has 0 aliphatic carbocycles. The molecule has 1 aromatic carbocycles. The van der Waals surface area contributed by atoms with Crippen LogP contribution in [0.5, 0.6) is 0 Å². The lowest BCUT2D eigenvalue weighted by Crippen LogP contribution is -2.39. The largest absolute Gasteiger partial charge is 0.342 e. The van der Waals surface area contributed by atoms with Crippen molar-refractivity contribution >= 4 is 25.6 Å². The van der Waals surface area contributed by atoms with E-state index in [0.717, 1.165) is 5.56 Å². The summed E-state index contributed by atoms with van der Waals surface area (Å²) >= 11 is 0. The topological polar surface area (TPSA) is 88.6 Å². The second kappa shape index (κ2) is 7.23. The lowest BCUT2D eigenvalue weighted by atomic mass is 10.1. The Kier molecular flexibility index (Phi) is 5.70. The van der Waals surface area contributed by atoms with Crippen LogP contribution in [0.4, 0.5) is 0 Å².